The first-order valence-electron chi connectivity index (χ1n) is 6.10. The van der Waals surface area contributed by atoms with Gasteiger partial charge < -0.3 is 9.84 Å². The zero-order chi connectivity index (χ0) is 14.8. The van der Waals surface area contributed by atoms with Crippen LogP contribution in [0.1, 0.15) is 15.9 Å². The number of carboxylic acid groups (broad SMARTS) is 1. The molecule has 2 N–H and O–H groups in total. The fourth-order valence-electron chi connectivity index (χ4n) is 1.97. The van der Waals surface area contributed by atoms with E-state index in [9.17, 15) is 13.2 Å². The Morgan fingerprint density at radius 3 is 2.60 bits per heavy atom. The van der Waals surface area contributed by atoms with E-state index in [0.29, 0.717) is 18.8 Å². The highest BCUT2D eigenvalue weighted by atomic mass is 32.2. The molecule has 1 aromatic carbocycles. The first-order valence-corrected chi connectivity index (χ1v) is 7.54. The molecular weight excluding hydrogens is 284 g/mol. The lowest BCUT2D eigenvalue weighted by molar-refractivity contribution is 0.0696. The van der Waals surface area contributed by atoms with Gasteiger partial charge in [0.05, 0.1) is 24.5 Å². The Bertz CT molecular complexity index is 608. The van der Waals surface area contributed by atoms with Crippen LogP contribution in [0.25, 0.3) is 0 Å². The Morgan fingerprint density at radius 1 is 1.35 bits per heavy atom. The molecule has 1 saturated heterocycles. The molecule has 0 aromatic heterocycles. The Kier molecular flexibility index (Phi) is 4.26. The van der Waals surface area contributed by atoms with E-state index in [1.54, 1.807) is 13.0 Å². The van der Waals surface area contributed by atoms with Crippen LogP contribution in [0.15, 0.2) is 18.2 Å². The average Bonchev–Trinajstić information content (AvgIpc) is 2.41. The van der Waals surface area contributed by atoms with Crippen LogP contribution in [-0.4, -0.2) is 50.1 Å². The molecule has 0 amide bonds. The summed E-state index contributed by atoms with van der Waals surface area (Å²) in [5.74, 6) is -1.09. The Hall–Kier alpha value is -1.64. The lowest BCUT2D eigenvalue weighted by atomic mass is 10.1. The molecule has 1 aliphatic rings. The highest BCUT2D eigenvalue weighted by Gasteiger charge is 2.25. The number of nitrogens with zero attached hydrogens (tertiary/aromatic N) is 1. The number of hydrogen-bond acceptors (Lipinski definition) is 4. The van der Waals surface area contributed by atoms with Crippen molar-refractivity contribution in [1.29, 1.82) is 0 Å². The number of aromatic carboxylic acids is 1. The van der Waals surface area contributed by atoms with Crippen LogP contribution in [0.5, 0.6) is 0 Å². The quantitative estimate of drug-likeness (QED) is 0.852. The van der Waals surface area contributed by atoms with Crippen LogP contribution in [0, 0.1) is 6.92 Å². The van der Waals surface area contributed by atoms with E-state index in [-0.39, 0.29) is 24.3 Å². The smallest absolute Gasteiger partial charge is 0.336 e. The molecule has 0 bridgehead atoms. The SMILES string of the molecule is Cc1c(NS(=O)(=O)N2CCOCC2)cccc1C(=O)O. The summed E-state index contributed by atoms with van der Waals surface area (Å²) in [6.07, 6.45) is 0. The minimum atomic E-state index is -3.69. The van der Waals surface area contributed by atoms with Gasteiger partial charge in [-0.25, -0.2) is 4.79 Å². The summed E-state index contributed by atoms with van der Waals surface area (Å²) in [5.41, 5.74) is 0.736. The summed E-state index contributed by atoms with van der Waals surface area (Å²) in [7, 11) is -3.69. The van der Waals surface area contributed by atoms with E-state index in [1.165, 1.54) is 16.4 Å². The monoisotopic (exact) mass is 300 g/mol. The van der Waals surface area contributed by atoms with Crippen LogP contribution in [-0.2, 0) is 14.9 Å². The third-order valence-corrected chi connectivity index (χ3v) is 4.64. The topological polar surface area (TPSA) is 95.9 Å². The maximum atomic E-state index is 12.2. The molecule has 0 atom stereocenters. The van der Waals surface area contributed by atoms with Crippen molar-refractivity contribution in [1.82, 2.24) is 4.31 Å². The van der Waals surface area contributed by atoms with Crippen LogP contribution < -0.4 is 4.72 Å². The number of rotatable bonds is 4. The van der Waals surface area contributed by atoms with Gasteiger partial charge in [0, 0.05) is 13.1 Å². The van der Waals surface area contributed by atoms with Gasteiger partial charge in [-0.05, 0) is 24.6 Å². The van der Waals surface area contributed by atoms with Gasteiger partial charge in [-0.2, -0.15) is 12.7 Å². The third-order valence-electron chi connectivity index (χ3n) is 3.11. The van der Waals surface area contributed by atoms with Gasteiger partial charge in [-0.15, -0.1) is 0 Å². The number of ether oxygens (including phenoxy) is 1. The van der Waals surface area contributed by atoms with Crippen molar-refractivity contribution >= 4 is 21.9 Å². The fourth-order valence-corrected chi connectivity index (χ4v) is 3.23. The van der Waals surface area contributed by atoms with E-state index < -0.39 is 16.2 Å². The Labute approximate surface area is 117 Å². The molecule has 1 aliphatic heterocycles. The van der Waals surface area contributed by atoms with Crippen molar-refractivity contribution in [2.24, 2.45) is 0 Å². The molecule has 1 fully saturated rings. The predicted molar refractivity (Wildman–Crippen MR) is 73.1 cm³/mol. The van der Waals surface area contributed by atoms with E-state index in [0.717, 1.165) is 0 Å². The highest BCUT2D eigenvalue weighted by Crippen LogP contribution is 2.21. The van der Waals surface area contributed by atoms with E-state index >= 15 is 0 Å². The second kappa shape index (κ2) is 5.78. The molecule has 0 radical (unpaired) electrons. The van der Waals surface area contributed by atoms with E-state index in [4.69, 9.17) is 9.84 Å². The van der Waals surface area contributed by atoms with Gasteiger partial charge in [-0.3, -0.25) is 4.72 Å². The van der Waals surface area contributed by atoms with Crippen molar-refractivity contribution in [3.63, 3.8) is 0 Å². The van der Waals surface area contributed by atoms with E-state index in [2.05, 4.69) is 4.72 Å². The number of morpholine rings is 1. The highest BCUT2D eigenvalue weighted by molar-refractivity contribution is 7.90. The number of carboxylic acids is 1. The molecule has 0 spiro atoms. The second-order valence-corrected chi connectivity index (χ2v) is 6.07. The van der Waals surface area contributed by atoms with Gasteiger partial charge >= 0.3 is 16.2 Å². The molecule has 110 valence electrons. The summed E-state index contributed by atoms with van der Waals surface area (Å²) in [4.78, 5) is 11.0. The predicted octanol–water partition coefficient (Wildman–Crippen LogP) is 0.682. The van der Waals surface area contributed by atoms with Crippen LogP contribution in [0.4, 0.5) is 5.69 Å². The fraction of sp³-hybridized carbons (Fsp3) is 0.417. The van der Waals surface area contributed by atoms with Gasteiger partial charge in [-0.1, -0.05) is 6.07 Å². The molecule has 20 heavy (non-hydrogen) atoms. The third kappa shape index (κ3) is 3.09. The summed E-state index contributed by atoms with van der Waals surface area (Å²) in [6.45, 7) is 2.85. The minimum Gasteiger partial charge on any atom is -0.478 e. The molecule has 0 unspecified atom stereocenters. The van der Waals surface area contributed by atoms with Crippen LogP contribution >= 0.6 is 0 Å². The summed E-state index contributed by atoms with van der Waals surface area (Å²) >= 11 is 0. The summed E-state index contributed by atoms with van der Waals surface area (Å²) in [5, 5.41) is 9.03. The zero-order valence-electron chi connectivity index (χ0n) is 11.0. The largest absolute Gasteiger partial charge is 0.478 e. The molecule has 7 nitrogen and oxygen atoms in total. The maximum absolute atomic E-state index is 12.2. The molecule has 2 rings (SSSR count). The molecular formula is C12H16N2O5S. The van der Waals surface area contributed by atoms with Crippen LogP contribution in [0.3, 0.4) is 0 Å². The molecule has 0 aliphatic carbocycles. The second-order valence-electron chi connectivity index (χ2n) is 4.40. The van der Waals surface area contributed by atoms with Gasteiger partial charge in [0.2, 0.25) is 0 Å². The molecule has 0 saturated carbocycles. The number of carbonyl (C=O) groups is 1. The van der Waals surface area contributed by atoms with Gasteiger partial charge in [0.25, 0.3) is 0 Å². The Balaban J connectivity index is 2.25. The number of hydrogen-bond donors (Lipinski definition) is 2. The van der Waals surface area contributed by atoms with Gasteiger partial charge in [0.1, 0.15) is 0 Å². The number of benzene rings is 1. The standard InChI is InChI=1S/C12H16N2O5S/c1-9-10(12(15)16)3-2-4-11(9)13-20(17,18)14-5-7-19-8-6-14/h2-4,13H,5-8H2,1H3,(H,15,16). The lowest BCUT2D eigenvalue weighted by Gasteiger charge is -2.26. The Morgan fingerprint density at radius 2 is 2.00 bits per heavy atom. The minimum absolute atomic E-state index is 0.0761. The van der Waals surface area contributed by atoms with Gasteiger partial charge in [0.15, 0.2) is 0 Å². The normalized spacial score (nSPS) is 16.9. The molecule has 1 heterocycles. The number of anilines is 1. The average molecular weight is 300 g/mol. The lowest BCUT2D eigenvalue weighted by Crippen LogP contribution is -2.43. The van der Waals surface area contributed by atoms with Crippen molar-refractivity contribution in [2.45, 2.75) is 6.92 Å². The zero-order valence-corrected chi connectivity index (χ0v) is 11.8. The van der Waals surface area contributed by atoms with Crippen molar-refractivity contribution in [3.05, 3.63) is 29.3 Å². The van der Waals surface area contributed by atoms with Crippen molar-refractivity contribution < 1.29 is 23.1 Å². The van der Waals surface area contributed by atoms with E-state index in [1.807, 2.05) is 0 Å². The summed E-state index contributed by atoms with van der Waals surface area (Å²) in [6, 6.07) is 4.48. The van der Waals surface area contributed by atoms with Crippen molar-refractivity contribution in [3.8, 4) is 0 Å². The first kappa shape index (κ1) is 14.8. The molecule has 1 aromatic rings. The first-order chi connectivity index (χ1) is 9.42. The summed E-state index contributed by atoms with van der Waals surface area (Å²) < 4.78 is 33.2. The van der Waals surface area contributed by atoms with Crippen LogP contribution in [0.2, 0.25) is 0 Å². The molecule has 8 heteroatoms. The van der Waals surface area contributed by atoms with Crippen molar-refractivity contribution in [2.75, 3.05) is 31.0 Å². The number of nitrogens with one attached hydrogen (secondary N) is 1. The maximum Gasteiger partial charge on any atom is 0.336 e.